The Balaban J connectivity index is 1.28. The van der Waals surface area contributed by atoms with Crippen molar-refractivity contribution in [3.05, 3.63) is 51.8 Å². The van der Waals surface area contributed by atoms with E-state index >= 15 is 0 Å². The molecule has 9 nitrogen and oxygen atoms in total. The minimum absolute atomic E-state index is 0.145. The number of amides is 3. The van der Waals surface area contributed by atoms with Crippen LogP contribution in [0.15, 0.2) is 18.2 Å². The van der Waals surface area contributed by atoms with E-state index < -0.39 is 6.04 Å². The molecule has 0 spiro atoms. The Morgan fingerprint density at radius 3 is 2.90 bits per heavy atom. The lowest BCUT2D eigenvalue weighted by Gasteiger charge is -2.29. The normalized spacial score (nSPS) is 20.9. The van der Waals surface area contributed by atoms with Gasteiger partial charge in [-0.1, -0.05) is 12.1 Å². The molecule has 9 heteroatoms. The maximum absolute atomic E-state index is 12.9. The van der Waals surface area contributed by atoms with E-state index in [4.69, 9.17) is 0 Å². The third-order valence-electron chi connectivity index (χ3n) is 6.18. The minimum Gasteiger partial charge on any atom is -0.322 e. The molecule has 3 aliphatic heterocycles. The Morgan fingerprint density at radius 2 is 2.03 bits per heavy atom. The van der Waals surface area contributed by atoms with E-state index in [1.165, 1.54) is 11.3 Å². The second kappa shape index (κ2) is 7.66. The molecule has 4 N–H and O–H groups in total. The van der Waals surface area contributed by atoms with Crippen LogP contribution in [0.25, 0.3) is 0 Å². The number of aromatic amines is 1. The molecule has 30 heavy (non-hydrogen) atoms. The molecule has 0 radical (unpaired) electrons. The maximum Gasteiger partial charge on any atom is 0.255 e. The zero-order valence-corrected chi connectivity index (χ0v) is 16.6. The molecule has 4 heterocycles. The average molecular weight is 408 g/mol. The van der Waals surface area contributed by atoms with E-state index in [1.807, 2.05) is 18.2 Å². The van der Waals surface area contributed by atoms with Crippen molar-refractivity contribution >= 4 is 17.7 Å². The molecule has 156 valence electrons. The number of hydrogen-bond donors (Lipinski definition) is 4. The smallest absolute Gasteiger partial charge is 0.255 e. The van der Waals surface area contributed by atoms with Gasteiger partial charge in [-0.2, -0.15) is 5.10 Å². The monoisotopic (exact) mass is 408 g/mol. The lowest BCUT2D eigenvalue weighted by atomic mass is 10.0. The van der Waals surface area contributed by atoms with Gasteiger partial charge < -0.3 is 15.5 Å². The Hall–Kier alpha value is -3.04. The fourth-order valence-corrected chi connectivity index (χ4v) is 4.56. The van der Waals surface area contributed by atoms with Crippen LogP contribution in [0.5, 0.6) is 0 Å². The first-order chi connectivity index (χ1) is 14.6. The largest absolute Gasteiger partial charge is 0.322 e. The van der Waals surface area contributed by atoms with E-state index in [-0.39, 0.29) is 24.1 Å². The van der Waals surface area contributed by atoms with Gasteiger partial charge in [-0.05, 0) is 23.6 Å². The molecular weight excluding hydrogens is 384 g/mol. The highest BCUT2D eigenvalue weighted by molar-refractivity contribution is 6.05. The molecule has 1 fully saturated rings. The Kier molecular flexibility index (Phi) is 4.84. The maximum atomic E-state index is 12.9. The predicted molar refractivity (Wildman–Crippen MR) is 107 cm³/mol. The number of nitrogens with one attached hydrogen (secondary N) is 4. The zero-order valence-electron chi connectivity index (χ0n) is 16.6. The number of hydrogen-bond acceptors (Lipinski definition) is 6. The van der Waals surface area contributed by atoms with Crippen LogP contribution in [0.4, 0.5) is 0 Å². The van der Waals surface area contributed by atoms with Crippen molar-refractivity contribution in [2.75, 3.05) is 6.54 Å². The van der Waals surface area contributed by atoms with Crippen molar-refractivity contribution < 1.29 is 14.4 Å². The highest BCUT2D eigenvalue weighted by Crippen LogP contribution is 2.29. The highest BCUT2D eigenvalue weighted by Gasteiger charge is 2.39. The quantitative estimate of drug-likeness (QED) is 0.522. The van der Waals surface area contributed by atoms with E-state index in [1.54, 1.807) is 4.90 Å². The molecule has 1 unspecified atom stereocenters. The number of rotatable bonds is 5. The third kappa shape index (κ3) is 3.29. The minimum atomic E-state index is -0.591. The molecule has 5 rings (SSSR count). The number of benzene rings is 1. The lowest BCUT2D eigenvalue weighted by Crippen LogP contribution is -2.52. The fraction of sp³-hybridized carbons (Fsp3) is 0.429. The summed E-state index contributed by atoms with van der Waals surface area (Å²) in [6.07, 6.45) is 1.59. The van der Waals surface area contributed by atoms with Crippen LogP contribution >= 0.6 is 0 Å². The molecule has 0 aliphatic carbocycles. The van der Waals surface area contributed by atoms with Gasteiger partial charge in [0.1, 0.15) is 6.04 Å². The summed E-state index contributed by atoms with van der Waals surface area (Å²) < 4.78 is 0. The van der Waals surface area contributed by atoms with Crippen molar-refractivity contribution in [2.45, 2.75) is 51.5 Å². The van der Waals surface area contributed by atoms with Gasteiger partial charge in [0.2, 0.25) is 11.8 Å². The number of carbonyl (C=O) groups is 3. The first kappa shape index (κ1) is 19.0. The molecule has 3 amide bonds. The summed E-state index contributed by atoms with van der Waals surface area (Å²) in [5, 5.41) is 16.7. The molecule has 0 bridgehead atoms. The van der Waals surface area contributed by atoms with Gasteiger partial charge in [-0.25, -0.2) is 0 Å². The number of nitrogens with zero attached hydrogens (tertiary/aromatic N) is 2. The van der Waals surface area contributed by atoms with Crippen molar-refractivity contribution in [2.24, 2.45) is 0 Å². The Morgan fingerprint density at radius 1 is 1.13 bits per heavy atom. The summed E-state index contributed by atoms with van der Waals surface area (Å²) in [5.74, 6) is -0.807. The van der Waals surface area contributed by atoms with Gasteiger partial charge in [-0.15, -0.1) is 0 Å². The molecule has 1 aromatic heterocycles. The summed E-state index contributed by atoms with van der Waals surface area (Å²) in [6, 6.07) is 5.10. The SMILES string of the molecule is O=C1CCC(N2Cc3c(CNCc4n[nH]c5c4CNCC5)cccc3C2=O)C(=O)N1. The van der Waals surface area contributed by atoms with E-state index in [2.05, 4.69) is 26.1 Å². The third-order valence-corrected chi connectivity index (χ3v) is 6.18. The second-order valence-electron chi connectivity index (χ2n) is 8.00. The summed E-state index contributed by atoms with van der Waals surface area (Å²) in [4.78, 5) is 38.2. The summed E-state index contributed by atoms with van der Waals surface area (Å²) in [5.41, 5.74) is 6.10. The first-order valence-corrected chi connectivity index (χ1v) is 10.3. The number of H-pyrrole nitrogens is 1. The van der Waals surface area contributed by atoms with Gasteiger partial charge >= 0.3 is 0 Å². The standard InChI is InChI=1S/C21H24N6O3/c28-19-5-4-18(20(29)24-19)27-11-15-12(2-1-3-13(15)21(27)30)8-23-10-17-14-9-22-7-6-16(14)25-26-17/h1-3,18,22-23H,4-11H2,(H,25,26)(H,24,28,29). The molecule has 1 aromatic carbocycles. The summed E-state index contributed by atoms with van der Waals surface area (Å²) in [7, 11) is 0. The Bertz CT molecular complexity index is 1030. The topological polar surface area (TPSA) is 119 Å². The molecule has 2 aromatic rings. The zero-order chi connectivity index (χ0) is 20.7. The fourth-order valence-electron chi connectivity index (χ4n) is 4.56. The van der Waals surface area contributed by atoms with E-state index in [0.29, 0.717) is 31.6 Å². The number of fused-ring (bicyclic) bond motifs is 2. The van der Waals surface area contributed by atoms with Gasteiger partial charge in [0, 0.05) is 62.4 Å². The summed E-state index contributed by atoms with van der Waals surface area (Å²) in [6.45, 7) is 3.44. The number of imide groups is 1. The van der Waals surface area contributed by atoms with Gasteiger partial charge in [0.05, 0.1) is 5.69 Å². The number of aromatic nitrogens is 2. The van der Waals surface area contributed by atoms with Crippen LogP contribution in [-0.2, 0) is 42.2 Å². The van der Waals surface area contributed by atoms with Crippen molar-refractivity contribution in [3.63, 3.8) is 0 Å². The molecule has 1 saturated heterocycles. The number of carbonyl (C=O) groups excluding carboxylic acids is 3. The van der Waals surface area contributed by atoms with Gasteiger partial charge in [0.15, 0.2) is 0 Å². The van der Waals surface area contributed by atoms with Crippen LogP contribution in [-0.4, -0.2) is 45.4 Å². The van der Waals surface area contributed by atoms with Crippen LogP contribution in [0.3, 0.4) is 0 Å². The predicted octanol–water partition coefficient (Wildman–Crippen LogP) is 0.106. The first-order valence-electron chi connectivity index (χ1n) is 10.3. The van der Waals surface area contributed by atoms with Gasteiger partial charge in [-0.3, -0.25) is 24.8 Å². The van der Waals surface area contributed by atoms with E-state index in [9.17, 15) is 14.4 Å². The Labute approximate surface area is 173 Å². The van der Waals surface area contributed by atoms with Crippen LogP contribution in [0.2, 0.25) is 0 Å². The molecule has 1 atom stereocenters. The highest BCUT2D eigenvalue weighted by atomic mass is 16.2. The van der Waals surface area contributed by atoms with Crippen LogP contribution < -0.4 is 16.0 Å². The molecular formula is C21H24N6O3. The lowest BCUT2D eigenvalue weighted by molar-refractivity contribution is -0.136. The average Bonchev–Trinajstić information content (AvgIpc) is 3.30. The van der Waals surface area contributed by atoms with Crippen LogP contribution in [0.1, 0.15) is 51.3 Å². The van der Waals surface area contributed by atoms with Crippen molar-refractivity contribution in [1.29, 1.82) is 0 Å². The van der Waals surface area contributed by atoms with Gasteiger partial charge in [0.25, 0.3) is 5.91 Å². The molecule has 0 saturated carbocycles. The second-order valence-corrected chi connectivity index (χ2v) is 8.00. The summed E-state index contributed by atoms with van der Waals surface area (Å²) >= 11 is 0. The number of piperidine rings is 1. The van der Waals surface area contributed by atoms with Crippen LogP contribution in [0, 0.1) is 0 Å². The molecule has 3 aliphatic rings. The van der Waals surface area contributed by atoms with Crippen molar-refractivity contribution in [1.82, 2.24) is 31.0 Å². The van der Waals surface area contributed by atoms with E-state index in [0.717, 1.165) is 36.3 Å². The van der Waals surface area contributed by atoms with Crippen molar-refractivity contribution in [3.8, 4) is 0 Å².